The molecule has 0 spiro atoms. The SMILES string of the molecule is COc1cccc(CN2CCN(c3ccc(Br)cc3)C2=O)c1.O=C=O. The van der Waals surface area contributed by atoms with Gasteiger partial charge in [-0.25, -0.2) is 4.79 Å². The molecule has 25 heavy (non-hydrogen) atoms. The number of carbonyl (C=O) groups is 1. The molecule has 1 heterocycles. The molecule has 1 aliphatic heterocycles. The molecule has 1 aliphatic rings. The summed E-state index contributed by atoms with van der Waals surface area (Å²) in [4.78, 5) is 32.5. The predicted molar refractivity (Wildman–Crippen MR) is 95.3 cm³/mol. The fourth-order valence-electron chi connectivity index (χ4n) is 2.58. The van der Waals surface area contributed by atoms with E-state index in [-0.39, 0.29) is 12.2 Å². The molecule has 0 saturated carbocycles. The van der Waals surface area contributed by atoms with E-state index in [2.05, 4.69) is 15.9 Å². The first-order chi connectivity index (χ1) is 12.1. The van der Waals surface area contributed by atoms with Crippen molar-refractivity contribution in [3.8, 4) is 5.75 Å². The van der Waals surface area contributed by atoms with E-state index in [9.17, 15) is 4.79 Å². The standard InChI is InChI=1S/C17H17BrN2O2.CO2/c1-22-16-4-2-3-13(11-16)12-19-9-10-20(17(19)21)15-7-5-14(18)6-8-15;2-1-3/h2-8,11H,9-10,12H2,1H3;. The maximum Gasteiger partial charge on any atom is 0.373 e. The lowest BCUT2D eigenvalue weighted by molar-refractivity contribution is -0.191. The van der Waals surface area contributed by atoms with Gasteiger partial charge in [0.25, 0.3) is 0 Å². The van der Waals surface area contributed by atoms with Crippen LogP contribution >= 0.6 is 15.9 Å². The van der Waals surface area contributed by atoms with Gasteiger partial charge < -0.3 is 9.64 Å². The summed E-state index contributed by atoms with van der Waals surface area (Å²) in [5.74, 6) is 0.814. The van der Waals surface area contributed by atoms with Crippen LogP contribution in [0.3, 0.4) is 0 Å². The highest BCUT2D eigenvalue weighted by molar-refractivity contribution is 9.10. The number of ether oxygens (including phenoxy) is 1. The third-order valence-corrected chi connectivity index (χ3v) is 4.27. The Morgan fingerprint density at radius 2 is 1.80 bits per heavy atom. The van der Waals surface area contributed by atoms with Crippen LogP contribution < -0.4 is 9.64 Å². The molecule has 0 radical (unpaired) electrons. The van der Waals surface area contributed by atoms with Crippen LogP contribution in [0.25, 0.3) is 0 Å². The molecule has 3 rings (SSSR count). The third kappa shape index (κ3) is 4.92. The van der Waals surface area contributed by atoms with Gasteiger partial charge in [0, 0.05) is 29.8 Å². The molecule has 0 aliphatic carbocycles. The molecule has 1 saturated heterocycles. The topological polar surface area (TPSA) is 66.9 Å². The normalized spacial score (nSPS) is 13.1. The Hall–Kier alpha value is -2.63. The molecule has 7 heteroatoms. The predicted octanol–water partition coefficient (Wildman–Crippen LogP) is 3.32. The number of amides is 2. The second-order valence-electron chi connectivity index (χ2n) is 5.27. The largest absolute Gasteiger partial charge is 0.497 e. The van der Waals surface area contributed by atoms with Crippen LogP contribution in [0.2, 0.25) is 0 Å². The maximum atomic E-state index is 12.6. The van der Waals surface area contributed by atoms with E-state index >= 15 is 0 Å². The number of hydrogen-bond donors (Lipinski definition) is 0. The van der Waals surface area contributed by atoms with Gasteiger partial charge in [-0.1, -0.05) is 28.1 Å². The first-order valence-corrected chi connectivity index (χ1v) is 8.32. The molecule has 2 aromatic rings. The number of carbonyl (C=O) groups excluding carboxylic acids is 3. The van der Waals surface area contributed by atoms with Crippen molar-refractivity contribution in [2.75, 3.05) is 25.1 Å². The minimum atomic E-state index is 0.0464. The lowest BCUT2D eigenvalue weighted by atomic mass is 10.2. The fraction of sp³-hybridized carbons (Fsp3) is 0.222. The third-order valence-electron chi connectivity index (χ3n) is 3.74. The van der Waals surface area contributed by atoms with Gasteiger partial charge in [0.15, 0.2) is 0 Å². The van der Waals surface area contributed by atoms with Gasteiger partial charge >= 0.3 is 12.2 Å². The van der Waals surface area contributed by atoms with Crippen LogP contribution in [0, 0.1) is 0 Å². The summed E-state index contributed by atoms with van der Waals surface area (Å²) in [7, 11) is 1.65. The van der Waals surface area contributed by atoms with Crippen LogP contribution in [0.15, 0.2) is 53.0 Å². The molecule has 6 nitrogen and oxygen atoms in total. The molecule has 130 valence electrons. The van der Waals surface area contributed by atoms with E-state index in [0.717, 1.165) is 28.0 Å². The number of halogens is 1. The Balaban J connectivity index is 0.000000701. The van der Waals surface area contributed by atoms with Crippen molar-refractivity contribution >= 4 is 33.8 Å². The van der Waals surface area contributed by atoms with E-state index in [0.29, 0.717) is 13.1 Å². The summed E-state index contributed by atoms with van der Waals surface area (Å²) in [6, 6.07) is 15.7. The molecule has 0 aromatic heterocycles. The zero-order valence-corrected chi connectivity index (χ0v) is 15.2. The van der Waals surface area contributed by atoms with Crippen molar-refractivity contribution in [1.29, 1.82) is 0 Å². The number of anilines is 1. The lowest BCUT2D eigenvalue weighted by Gasteiger charge is -2.19. The molecular formula is C18H17BrN2O4. The van der Waals surface area contributed by atoms with Gasteiger partial charge in [-0.3, -0.25) is 4.90 Å². The average Bonchev–Trinajstić information content (AvgIpc) is 2.97. The lowest BCUT2D eigenvalue weighted by Crippen LogP contribution is -2.31. The van der Waals surface area contributed by atoms with Gasteiger partial charge in [-0.15, -0.1) is 0 Å². The van der Waals surface area contributed by atoms with Gasteiger partial charge in [-0.05, 0) is 42.0 Å². The molecule has 0 N–H and O–H groups in total. The van der Waals surface area contributed by atoms with Crippen LogP contribution in [0.1, 0.15) is 5.56 Å². The van der Waals surface area contributed by atoms with Crippen LogP contribution in [0.4, 0.5) is 10.5 Å². The number of methoxy groups -OCH3 is 1. The fourth-order valence-corrected chi connectivity index (χ4v) is 2.85. The molecule has 0 unspecified atom stereocenters. The zero-order valence-electron chi connectivity index (χ0n) is 13.6. The number of hydrogen-bond acceptors (Lipinski definition) is 4. The Morgan fingerprint density at radius 1 is 1.12 bits per heavy atom. The minimum absolute atomic E-state index is 0.0464. The van der Waals surface area contributed by atoms with E-state index in [4.69, 9.17) is 14.3 Å². The number of urea groups is 1. The Labute approximate surface area is 154 Å². The molecular weight excluding hydrogens is 388 g/mol. The zero-order chi connectivity index (χ0) is 18.2. The number of nitrogens with zero attached hydrogens (tertiary/aromatic N) is 2. The summed E-state index contributed by atoms with van der Waals surface area (Å²) < 4.78 is 6.24. The van der Waals surface area contributed by atoms with Gasteiger partial charge in [0.2, 0.25) is 0 Å². The molecule has 0 bridgehead atoms. The number of benzene rings is 2. The Bertz CT molecular complexity index is 758. The van der Waals surface area contributed by atoms with Gasteiger partial charge in [-0.2, -0.15) is 9.59 Å². The summed E-state index contributed by atoms with van der Waals surface area (Å²) >= 11 is 3.41. The van der Waals surface area contributed by atoms with Crippen molar-refractivity contribution in [1.82, 2.24) is 4.90 Å². The van der Waals surface area contributed by atoms with E-state index in [1.807, 2.05) is 58.3 Å². The summed E-state index contributed by atoms with van der Waals surface area (Å²) in [6.45, 7) is 2.04. The first-order valence-electron chi connectivity index (χ1n) is 7.53. The van der Waals surface area contributed by atoms with E-state index in [1.165, 1.54) is 0 Å². The Morgan fingerprint density at radius 3 is 2.44 bits per heavy atom. The van der Waals surface area contributed by atoms with Crippen molar-refractivity contribution < 1.29 is 19.1 Å². The quantitative estimate of drug-likeness (QED) is 0.783. The summed E-state index contributed by atoms with van der Waals surface area (Å²) in [5, 5.41) is 0. The maximum absolute atomic E-state index is 12.6. The first kappa shape index (κ1) is 18.7. The number of rotatable bonds is 4. The van der Waals surface area contributed by atoms with Crippen molar-refractivity contribution in [3.05, 3.63) is 58.6 Å². The van der Waals surface area contributed by atoms with Crippen LogP contribution in [0.5, 0.6) is 5.75 Å². The second-order valence-corrected chi connectivity index (χ2v) is 6.18. The highest BCUT2D eigenvalue weighted by Gasteiger charge is 2.29. The van der Waals surface area contributed by atoms with Crippen LogP contribution in [-0.2, 0) is 16.1 Å². The molecule has 0 atom stereocenters. The Kier molecular flexibility index (Phi) is 6.74. The van der Waals surface area contributed by atoms with Crippen LogP contribution in [-0.4, -0.2) is 37.3 Å². The van der Waals surface area contributed by atoms with E-state index in [1.54, 1.807) is 7.11 Å². The molecule has 2 amide bonds. The molecule has 2 aromatic carbocycles. The summed E-state index contributed by atoms with van der Waals surface area (Å²) in [6.07, 6.45) is 0.250. The van der Waals surface area contributed by atoms with Crippen molar-refractivity contribution in [2.45, 2.75) is 6.54 Å². The monoisotopic (exact) mass is 404 g/mol. The molecule has 1 fully saturated rings. The highest BCUT2D eigenvalue weighted by Crippen LogP contribution is 2.24. The van der Waals surface area contributed by atoms with E-state index < -0.39 is 0 Å². The minimum Gasteiger partial charge on any atom is -0.497 e. The van der Waals surface area contributed by atoms with Gasteiger partial charge in [0.1, 0.15) is 5.75 Å². The average molecular weight is 405 g/mol. The summed E-state index contributed by atoms with van der Waals surface area (Å²) in [5.41, 5.74) is 2.01. The van der Waals surface area contributed by atoms with Gasteiger partial charge in [0.05, 0.1) is 7.11 Å². The van der Waals surface area contributed by atoms with Crippen molar-refractivity contribution in [3.63, 3.8) is 0 Å². The highest BCUT2D eigenvalue weighted by atomic mass is 79.9. The smallest absolute Gasteiger partial charge is 0.373 e. The van der Waals surface area contributed by atoms with Crippen molar-refractivity contribution in [2.24, 2.45) is 0 Å². The second kappa shape index (κ2) is 9.01.